The average molecular weight is 319 g/mol. The van der Waals surface area contributed by atoms with Crippen molar-refractivity contribution in [3.8, 4) is 0 Å². The van der Waals surface area contributed by atoms with Gasteiger partial charge in [0.2, 0.25) is 0 Å². The summed E-state index contributed by atoms with van der Waals surface area (Å²) in [5.41, 5.74) is 1.69. The van der Waals surface area contributed by atoms with E-state index in [4.69, 9.17) is 9.72 Å². The van der Waals surface area contributed by atoms with Gasteiger partial charge in [0.1, 0.15) is 11.4 Å². The van der Waals surface area contributed by atoms with Gasteiger partial charge in [-0.05, 0) is 66.0 Å². The molecule has 0 spiro atoms. The van der Waals surface area contributed by atoms with Crippen LogP contribution in [0.1, 0.15) is 59.2 Å². The van der Waals surface area contributed by atoms with Gasteiger partial charge in [0.15, 0.2) is 0 Å². The van der Waals surface area contributed by atoms with Crippen molar-refractivity contribution < 1.29 is 9.53 Å². The minimum Gasteiger partial charge on any atom is -0.444 e. The number of nitrogens with one attached hydrogen (secondary N) is 1. The van der Waals surface area contributed by atoms with Crippen LogP contribution in [0, 0.1) is 0 Å². The van der Waals surface area contributed by atoms with Gasteiger partial charge in [-0.15, -0.1) is 0 Å². The number of anilines is 1. The summed E-state index contributed by atoms with van der Waals surface area (Å²) in [5.74, 6) is 0.891. The molecular formula is C18H29N3O2. The molecule has 128 valence electrons. The van der Waals surface area contributed by atoms with Gasteiger partial charge in [0.25, 0.3) is 0 Å². The third-order valence-electron chi connectivity index (χ3n) is 3.43. The van der Waals surface area contributed by atoms with Crippen molar-refractivity contribution in [3.63, 3.8) is 0 Å². The lowest BCUT2D eigenvalue weighted by Gasteiger charge is -2.26. The molecule has 0 fully saturated rings. The summed E-state index contributed by atoms with van der Waals surface area (Å²) in [4.78, 5) is 18.8. The maximum Gasteiger partial charge on any atom is 0.410 e. The Labute approximate surface area is 139 Å². The normalized spacial score (nSPS) is 15.7. The van der Waals surface area contributed by atoms with E-state index in [9.17, 15) is 4.79 Å². The number of rotatable bonds is 1. The molecule has 0 bridgehead atoms. The Hall–Kier alpha value is -1.78. The van der Waals surface area contributed by atoms with Crippen LogP contribution in [0.15, 0.2) is 12.1 Å². The second-order valence-corrected chi connectivity index (χ2v) is 8.18. The van der Waals surface area contributed by atoms with Gasteiger partial charge in [0, 0.05) is 17.8 Å². The lowest BCUT2D eigenvalue weighted by Crippen LogP contribution is -2.36. The molecule has 0 saturated carbocycles. The second-order valence-electron chi connectivity index (χ2n) is 8.18. The van der Waals surface area contributed by atoms with Crippen LogP contribution in [-0.4, -0.2) is 33.7 Å². The molecule has 0 radical (unpaired) electrons. The van der Waals surface area contributed by atoms with E-state index in [2.05, 4.69) is 32.2 Å². The number of ether oxygens (including phenoxy) is 1. The van der Waals surface area contributed by atoms with E-state index < -0.39 is 5.60 Å². The maximum absolute atomic E-state index is 12.3. The molecule has 1 aromatic heterocycles. The van der Waals surface area contributed by atoms with Crippen molar-refractivity contribution in [2.75, 3.05) is 11.9 Å². The van der Waals surface area contributed by atoms with E-state index in [0.717, 1.165) is 29.9 Å². The van der Waals surface area contributed by atoms with Crippen LogP contribution in [0.3, 0.4) is 0 Å². The van der Waals surface area contributed by atoms with Crippen LogP contribution in [0.5, 0.6) is 0 Å². The van der Waals surface area contributed by atoms with E-state index >= 15 is 0 Å². The molecule has 1 N–H and O–H groups in total. The number of aromatic nitrogens is 1. The van der Waals surface area contributed by atoms with E-state index in [1.807, 2.05) is 26.8 Å². The Morgan fingerprint density at radius 2 is 1.91 bits per heavy atom. The average Bonchev–Trinajstić information content (AvgIpc) is 2.56. The first-order valence-electron chi connectivity index (χ1n) is 8.28. The Morgan fingerprint density at radius 1 is 1.22 bits per heavy atom. The SMILES string of the molecule is CC(C)(C)Nc1ccc2c(n1)CCCN(C(=O)OC(C)(C)C)C2. The van der Waals surface area contributed by atoms with Crippen molar-refractivity contribution in [2.24, 2.45) is 0 Å². The Bertz CT molecular complexity index is 571. The summed E-state index contributed by atoms with van der Waals surface area (Å²) in [6.07, 6.45) is 1.54. The van der Waals surface area contributed by atoms with Crippen LogP contribution in [0.4, 0.5) is 10.6 Å². The number of aryl methyl sites for hydroxylation is 1. The molecule has 5 nitrogen and oxygen atoms in total. The monoisotopic (exact) mass is 319 g/mol. The van der Waals surface area contributed by atoms with Crippen LogP contribution >= 0.6 is 0 Å². The molecule has 23 heavy (non-hydrogen) atoms. The number of nitrogens with zero attached hydrogens (tertiary/aromatic N) is 2. The van der Waals surface area contributed by atoms with Crippen LogP contribution < -0.4 is 5.32 Å². The summed E-state index contributed by atoms with van der Waals surface area (Å²) in [6, 6.07) is 4.06. The summed E-state index contributed by atoms with van der Waals surface area (Å²) >= 11 is 0. The summed E-state index contributed by atoms with van der Waals surface area (Å²) in [5, 5.41) is 3.40. The van der Waals surface area contributed by atoms with Crippen LogP contribution in [0.2, 0.25) is 0 Å². The smallest absolute Gasteiger partial charge is 0.410 e. The van der Waals surface area contributed by atoms with E-state index in [1.54, 1.807) is 4.90 Å². The first-order chi connectivity index (χ1) is 10.5. The number of carbonyl (C=O) groups is 1. The lowest BCUT2D eigenvalue weighted by atomic mass is 10.1. The fourth-order valence-electron chi connectivity index (χ4n) is 2.55. The van der Waals surface area contributed by atoms with Gasteiger partial charge in [-0.25, -0.2) is 9.78 Å². The number of pyridine rings is 1. The Morgan fingerprint density at radius 3 is 2.52 bits per heavy atom. The molecule has 0 saturated heterocycles. The number of amides is 1. The third kappa shape index (κ3) is 5.41. The number of hydrogen-bond acceptors (Lipinski definition) is 4. The quantitative estimate of drug-likeness (QED) is 0.851. The molecule has 5 heteroatoms. The molecule has 1 aromatic rings. The topological polar surface area (TPSA) is 54.5 Å². The molecule has 0 aromatic carbocycles. The van der Waals surface area contributed by atoms with Gasteiger partial charge in [0.05, 0.1) is 6.54 Å². The highest BCUT2D eigenvalue weighted by Crippen LogP contribution is 2.22. The van der Waals surface area contributed by atoms with E-state index in [-0.39, 0.29) is 11.6 Å². The van der Waals surface area contributed by atoms with Crippen molar-refractivity contribution in [3.05, 3.63) is 23.4 Å². The lowest BCUT2D eigenvalue weighted by molar-refractivity contribution is 0.0237. The zero-order valence-electron chi connectivity index (χ0n) is 15.2. The number of carbonyl (C=O) groups excluding carboxylic acids is 1. The first-order valence-corrected chi connectivity index (χ1v) is 8.28. The number of hydrogen-bond donors (Lipinski definition) is 1. The zero-order valence-corrected chi connectivity index (χ0v) is 15.2. The standard InChI is InChI=1S/C18H29N3O2/c1-17(2,3)20-15-10-9-13-12-21(11-7-8-14(13)19-15)16(22)23-18(4,5)6/h9-10H,7-8,11-12H2,1-6H3,(H,19,20). The van der Waals surface area contributed by atoms with Crippen LogP contribution in [-0.2, 0) is 17.7 Å². The maximum atomic E-state index is 12.3. The third-order valence-corrected chi connectivity index (χ3v) is 3.43. The Kier molecular flexibility index (Phi) is 4.87. The van der Waals surface area contributed by atoms with E-state index in [0.29, 0.717) is 13.1 Å². The highest BCUT2D eigenvalue weighted by Gasteiger charge is 2.25. The molecular weight excluding hydrogens is 290 g/mol. The highest BCUT2D eigenvalue weighted by atomic mass is 16.6. The predicted molar refractivity (Wildman–Crippen MR) is 92.6 cm³/mol. The molecule has 0 aliphatic carbocycles. The summed E-state index contributed by atoms with van der Waals surface area (Å²) < 4.78 is 5.49. The van der Waals surface area contributed by atoms with Crippen molar-refractivity contribution in [1.82, 2.24) is 9.88 Å². The second kappa shape index (κ2) is 6.38. The van der Waals surface area contributed by atoms with Gasteiger partial charge in [-0.1, -0.05) is 6.07 Å². The molecule has 1 amide bonds. The van der Waals surface area contributed by atoms with Gasteiger partial charge in [-0.3, -0.25) is 0 Å². The minimum absolute atomic E-state index is 0.0193. The van der Waals surface area contributed by atoms with Crippen molar-refractivity contribution in [2.45, 2.75) is 72.1 Å². The predicted octanol–water partition coefficient (Wildman–Crippen LogP) is 3.98. The van der Waals surface area contributed by atoms with Gasteiger partial charge >= 0.3 is 6.09 Å². The van der Waals surface area contributed by atoms with Gasteiger partial charge < -0.3 is 15.0 Å². The first kappa shape index (κ1) is 17.6. The fraction of sp³-hybridized carbons (Fsp3) is 0.667. The van der Waals surface area contributed by atoms with Crippen LogP contribution in [0.25, 0.3) is 0 Å². The summed E-state index contributed by atoms with van der Waals surface area (Å²) in [7, 11) is 0. The summed E-state index contributed by atoms with van der Waals surface area (Å²) in [6.45, 7) is 13.3. The van der Waals surface area contributed by atoms with Gasteiger partial charge in [-0.2, -0.15) is 0 Å². The largest absolute Gasteiger partial charge is 0.444 e. The van der Waals surface area contributed by atoms with Crippen molar-refractivity contribution in [1.29, 1.82) is 0 Å². The zero-order chi connectivity index (χ0) is 17.3. The molecule has 1 aliphatic rings. The Balaban J connectivity index is 2.13. The molecule has 2 heterocycles. The molecule has 0 unspecified atom stereocenters. The fourth-order valence-corrected chi connectivity index (χ4v) is 2.55. The number of fused-ring (bicyclic) bond motifs is 1. The molecule has 0 atom stereocenters. The molecule has 2 rings (SSSR count). The molecule has 1 aliphatic heterocycles. The van der Waals surface area contributed by atoms with E-state index in [1.165, 1.54) is 0 Å². The van der Waals surface area contributed by atoms with Crippen molar-refractivity contribution >= 4 is 11.9 Å². The highest BCUT2D eigenvalue weighted by molar-refractivity contribution is 5.68. The minimum atomic E-state index is -0.467.